The first-order valence-electron chi connectivity index (χ1n) is 9.20. The molecule has 0 aliphatic carbocycles. The summed E-state index contributed by atoms with van der Waals surface area (Å²) in [6.07, 6.45) is 2.98. The summed E-state index contributed by atoms with van der Waals surface area (Å²) in [5.41, 5.74) is 3.61. The highest BCUT2D eigenvalue weighted by Crippen LogP contribution is 2.38. The Labute approximate surface area is 178 Å². The van der Waals surface area contributed by atoms with Crippen LogP contribution in [0.1, 0.15) is 28.2 Å². The molecular formula is C23H18ClF2NO2S. The van der Waals surface area contributed by atoms with Gasteiger partial charge in [-0.05, 0) is 46.5 Å². The number of halogens is 3. The minimum Gasteiger partial charge on any atom is -0.361 e. The molecule has 1 N–H and O–H groups in total. The van der Waals surface area contributed by atoms with Crippen LogP contribution in [0.3, 0.4) is 0 Å². The minimum atomic E-state index is -3.23. The molecule has 1 heterocycles. The Kier molecular flexibility index (Phi) is 5.38. The first kappa shape index (κ1) is 20.6. The number of aromatic nitrogens is 1. The molecule has 0 saturated carbocycles. The molecule has 154 valence electrons. The molecule has 4 aromatic rings. The van der Waals surface area contributed by atoms with Crippen LogP contribution in [0, 0.1) is 11.6 Å². The molecular weight excluding hydrogens is 428 g/mol. The lowest BCUT2D eigenvalue weighted by Crippen LogP contribution is -2.04. The molecule has 0 radical (unpaired) electrons. The number of rotatable bonds is 5. The highest BCUT2D eigenvalue weighted by atomic mass is 35.5. The number of hydrogen-bond acceptors (Lipinski definition) is 2. The van der Waals surface area contributed by atoms with Crippen molar-refractivity contribution in [3.8, 4) is 0 Å². The van der Waals surface area contributed by atoms with E-state index in [1.54, 1.807) is 36.5 Å². The van der Waals surface area contributed by atoms with Crippen LogP contribution in [-0.2, 0) is 15.6 Å². The van der Waals surface area contributed by atoms with Gasteiger partial charge in [-0.1, -0.05) is 48.0 Å². The largest absolute Gasteiger partial charge is 0.361 e. The maximum Gasteiger partial charge on any atom is 0.151 e. The van der Waals surface area contributed by atoms with Gasteiger partial charge in [0.25, 0.3) is 0 Å². The lowest BCUT2D eigenvalue weighted by atomic mass is 9.85. The van der Waals surface area contributed by atoms with Crippen LogP contribution in [0.5, 0.6) is 0 Å². The maximum absolute atomic E-state index is 14.3. The van der Waals surface area contributed by atoms with Crippen molar-refractivity contribution in [3.63, 3.8) is 0 Å². The average molecular weight is 446 g/mol. The second-order valence-corrected chi connectivity index (χ2v) is 9.86. The fraction of sp³-hybridized carbons (Fsp3) is 0.130. The zero-order valence-electron chi connectivity index (χ0n) is 16.0. The van der Waals surface area contributed by atoms with Crippen LogP contribution < -0.4 is 0 Å². The van der Waals surface area contributed by atoms with E-state index in [-0.39, 0.29) is 16.6 Å². The lowest BCUT2D eigenvalue weighted by molar-refractivity contribution is 0.601. The van der Waals surface area contributed by atoms with Gasteiger partial charge in [-0.25, -0.2) is 17.2 Å². The van der Waals surface area contributed by atoms with Gasteiger partial charge in [0.15, 0.2) is 9.84 Å². The molecule has 0 fully saturated rings. The Morgan fingerprint density at radius 2 is 1.70 bits per heavy atom. The summed E-state index contributed by atoms with van der Waals surface area (Å²) < 4.78 is 51.4. The Bertz CT molecular complexity index is 1330. The molecule has 1 atom stereocenters. The number of H-pyrrole nitrogens is 1. The number of nitrogens with one attached hydrogen (secondary N) is 1. The van der Waals surface area contributed by atoms with Gasteiger partial charge < -0.3 is 4.98 Å². The normalized spacial score (nSPS) is 12.9. The molecule has 0 aliphatic rings. The van der Waals surface area contributed by atoms with Gasteiger partial charge in [-0.2, -0.15) is 0 Å². The summed E-state index contributed by atoms with van der Waals surface area (Å²) in [5.74, 6) is -1.41. The van der Waals surface area contributed by atoms with Crippen LogP contribution in [0.4, 0.5) is 8.78 Å². The third-order valence-corrected chi connectivity index (χ3v) is 6.18. The van der Waals surface area contributed by atoms with Crippen molar-refractivity contribution >= 4 is 32.3 Å². The number of aromatic amines is 1. The van der Waals surface area contributed by atoms with Gasteiger partial charge in [0.2, 0.25) is 0 Å². The monoisotopic (exact) mass is 445 g/mol. The van der Waals surface area contributed by atoms with Gasteiger partial charge in [-0.3, -0.25) is 0 Å². The Morgan fingerprint density at radius 1 is 1.00 bits per heavy atom. The summed E-state index contributed by atoms with van der Waals surface area (Å²) in [6.45, 7) is 0. The van der Waals surface area contributed by atoms with E-state index < -0.39 is 21.6 Å². The predicted molar refractivity (Wildman–Crippen MR) is 116 cm³/mol. The molecule has 0 saturated heterocycles. The standard InChI is InChI=1S/C23H18ClF2NO2S/c1-30(28,29)13-16-3-2-4-18-19(12-27-23(16)18)22(14-5-8-17(25)9-6-14)15-7-10-20(24)21(26)11-15/h2-12,22,27H,13H2,1H3. The van der Waals surface area contributed by atoms with Crippen molar-refractivity contribution in [2.45, 2.75) is 11.7 Å². The topological polar surface area (TPSA) is 49.9 Å². The lowest BCUT2D eigenvalue weighted by Gasteiger charge is -2.19. The van der Waals surface area contributed by atoms with E-state index in [1.165, 1.54) is 30.5 Å². The zero-order chi connectivity index (χ0) is 21.5. The first-order chi connectivity index (χ1) is 14.2. The van der Waals surface area contributed by atoms with Gasteiger partial charge in [0.1, 0.15) is 11.6 Å². The van der Waals surface area contributed by atoms with Crippen molar-refractivity contribution in [2.75, 3.05) is 6.26 Å². The molecule has 0 aliphatic heterocycles. The van der Waals surface area contributed by atoms with Crippen molar-refractivity contribution in [1.82, 2.24) is 4.98 Å². The maximum atomic E-state index is 14.3. The number of hydrogen-bond donors (Lipinski definition) is 1. The Hall–Kier alpha value is -2.70. The van der Waals surface area contributed by atoms with E-state index in [0.717, 1.165) is 16.5 Å². The average Bonchev–Trinajstić information content (AvgIpc) is 3.10. The number of fused-ring (bicyclic) bond motifs is 1. The van der Waals surface area contributed by atoms with Crippen molar-refractivity contribution in [1.29, 1.82) is 0 Å². The van der Waals surface area contributed by atoms with Gasteiger partial charge in [-0.15, -0.1) is 0 Å². The summed E-state index contributed by atoms with van der Waals surface area (Å²) in [7, 11) is -3.23. The smallest absolute Gasteiger partial charge is 0.151 e. The molecule has 3 aromatic carbocycles. The fourth-order valence-electron chi connectivity index (χ4n) is 3.78. The van der Waals surface area contributed by atoms with Crippen LogP contribution in [0.2, 0.25) is 5.02 Å². The third-order valence-electron chi connectivity index (χ3n) is 5.04. The van der Waals surface area contributed by atoms with E-state index in [9.17, 15) is 17.2 Å². The fourth-order valence-corrected chi connectivity index (χ4v) is 4.70. The predicted octanol–water partition coefficient (Wildman–Crippen LogP) is 5.82. The van der Waals surface area contributed by atoms with E-state index in [4.69, 9.17) is 11.6 Å². The zero-order valence-corrected chi connectivity index (χ0v) is 17.6. The second kappa shape index (κ2) is 7.85. The van der Waals surface area contributed by atoms with Crippen LogP contribution in [-0.4, -0.2) is 19.7 Å². The minimum absolute atomic E-state index is 0.0194. The molecule has 0 amide bonds. The van der Waals surface area contributed by atoms with Crippen molar-refractivity contribution < 1.29 is 17.2 Å². The summed E-state index contributed by atoms with van der Waals surface area (Å²) in [4.78, 5) is 3.18. The molecule has 1 unspecified atom stereocenters. The van der Waals surface area contributed by atoms with E-state index in [1.807, 2.05) is 6.07 Å². The highest BCUT2D eigenvalue weighted by Gasteiger charge is 2.22. The number of sulfone groups is 1. The molecule has 4 rings (SSSR count). The van der Waals surface area contributed by atoms with Gasteiger partial charge in [0, 0.05) is 29.3 Å². The van der Waals surface area contributed by atoms with E-state index in [2.05, 4.69) is 4.98 Å². The SMILES string of the molecule is CS(=O)(=O)Cc1cccc2c(C(c3ccc(F)cc3)c3ccc(Cl)c(F)c3)c[nH]c12. The molecule has 0 spiro atoms. The van der Waals surface area contributed by atoms with E-state index >= 15 is 0 Å². The van der Waals surface area contributed by atoms with Crippen LogP contribution in [0.25, 0.3) is 10.9 Å². The van der Waals surface area contributed by atoms with E-state index in [0.29, 0.717) is 16.6 Å². The molecule has 0 bridgehead atoms. The van der Waals surface area contributed by atoms with Gasteiger partial charge >= 0.3 is 0 Å². The number of para-hydroxylation sites is 1. The first-order valence-corrected chi connectivity index (χ1v) is 11.6. The Morgan fingerprint density at radius 3 is 2.37 bits per heavy atom. The second-order valence-electron chi connectivity index (χ2n) is 7.31. The number of benzene rings is 3. The van der Waals surface area contributed by atoms with Gasteiger partial charge in [0.05, 0.1) is 10.8 Å². The molecule has 1 aromatic heterocycles. The summed E-state index contributed by atoms with van der Waals surface area (Å²) in [5, 5.41) is 0.840. The third kappa shape index (κ3) is 4.11. The molecule has 7 heteroatoms. The summed E-state index contributed by atoms with van der Waals surface area (Å²) in [6, 6.07) is 16.1. The molecule has 30 heavy (non-hydrogen) atoms. The van der Waals surface area contributed by atoms with Crippen molar-refractivity contribution in [3.05, 3.63) is 106 Å². The molecule has 3 nitrogen and oxygen atoms in total. The Balaban J connectivity index is 1.93. The van der Waals surface area contributed by atoms with Crippen molar-refractivity contribution in [2.24, 2.45) is 0 Å². The summed E-state index contributed by atoms with van der Waals surface area (Å²) >= 11 is 5.87. The van der Waals surface area contributed by atoms with Crippen LogP contribution >= 0.6 is 11.6 Å². The quantitative estimate of drug-likeness (QED) is 0.420. The highest BCUT2D eigenvalue weighted by molar-refractivity contribution is 7.89. The van der Waals surface area contributed by atoms with Crippen LogP contribution in [0.15, 0.2) is 66.9 Å².